The van der Waals surface area contributed by atoms with Crippen LogP contribution in [0.15, 0.2) is 48.7 Å². The van der Waals surface area contributed by atoms with Gasteiger partial charge in [0.05, 0.1) is 22.4 Å². The van der Waals surface area contributed by atoms with Crippen molar-refractivity contribution in [2.24, 2.45) is 5.92 Å². The van der Waals surface area contributed by atoms with Crippen molar-refractivity contribution < 1.29 is 23.1 Å². The number of fused-ring (bicyclic) bond motifs is 2. The number of halogens is 1. The maximum absolute atomic E-state index is 15.0. The van der Waals surface area contributed by atoms with Crippen molar-refractivity contribution in [3.8, 4) is 39.9 Å². The molecule has 3 aromatic rings. The SMILES string of the molecule is [2H]C([2H])([2H])Oc1cc(-c2ccc(-c3ccc(O[C@@H]4C5CN(C)[C@](C)(C5)[C@@H]4F)nn3)c(O)c2)ccn1. The van der Waals surface area contributed by atoms with Crippen LogP contribution in [0.3, 0.4) is 0 Å². The molecule has 1 aliphatic carbocycles. The lowest BCUT2D eigenvalue weighted by Crippen LogP contribution is -2.54. The smallest absolute Gasteiger partial charge is 0.233 e. The summed E-state index contributed by atoms with van der Waals surface area (Å²) in [7, 11) is -0.670. The minimum atomic E-state index is -2.61. The number of nitrogens with zero attached hydrogens (tertiary/aromatic N) is 4. The summed E-state index contributed by atoms with van der Waals surface area (Å²) >= 11 is 0. The number of phenolic OH excluding ortho intramolecular Hbond substituents is 1. The lowest BCUT2D eigenvalue weighted by Gasteiger charge is -2.38. The molecular formula is C24H25FN4O3. The molecule has 2 bridgehead atoms. The molecule has 0 spiro atoms. The second-order valence-corrected chi connectivity index (χ2v) is 8.66. The third-order valence-electron chi connectivity index (χ3n) is 6.75. The van der Waals surface area contributed by atoms with Crippen molar-refractivity contribution in [2.75, 3.05) is 20.6 Å². The van der Waals surface area contributed by atoms with E-state index in [1.807, 2.05) is 14.0 Å². The number of aromatic hydroxyl groups is 1. The van der Waals surface area contributed by atoms with E-state index in [9.17, 15) is 9.50 Å². The Morgan fingerprint density at radius 2 is 2.00 bits per heavy atom. The Hall–Kier alpha value is -3.26. The normalized spacial score (nSPS) is 28.7. The van der Waals surface area contributed by atoms with E-state index < -0.39 is 24.9 Å². The lowest BCUT2D eigenvalue weighted by molar-refractivity contribution is -0.0143. The van der Waals surface area contributed by atoms with Crippen LogP contribution in [-0.4, -0.2) is 63.6 Å². The highest BCUT2D eigenvalue weighted by atomic mass is 19.1. The molecule has 32 heavy (non-hydrogen) atoms. The van der Waals surface area contributed by atoms with Gasteiger partial charge in [0.2, 0.25) is 11.8 Å². The monoisotopic (exact) mass is 439 g/mol. The fraction of sp³-hybridized carbons (Fsp3) is 0.375. The molecule has 2 fully saturated rings. The van der Waals surface area contributed by atoms with Gasteiger partial charge >= 0.3 is 0 Å². The average Bonchev–Trinajstić information content (AvgIpc) is 3.23. The molecule has 0 amide bonds. The van der Waals surface area contributed by atoms with E-state index >= 15 is 0 Å². The number of methoxy groups -OCH3 is 1. The number of aromatic nitrogens is 3. The summed E-state index contributed by atoms with van der Waals surface area (Å²) in [4.78, 5) is 5.96. The molecule has 1 N–H and O–H groups in total. The number of phenols is 1. The minimum Gasteiger partial charge on any atom is -0.507 e. The molecule has 2 aliphatic rings. The summed E-state index contributed by atoms with van der Waals surface area (Å²) in [5.74, 6) is 0.277. The highest BCUT2D eigenvalue weighted by Crippen LogP contribution is 2.48. The number of hydrogen-bond acceptors (Lipinski definition) is 7. The number of pyridine rings is 1. The maximum atomic E-state index is 15.0. The number of hydrogen-bond donors (Lipinski definition) is 1. The van der Waals surface area contributed by atoms with Gasteiger partial charge in [-0.2, -0.15) is 0 Å². The Balaban J connectivity index is 1.31. The first-order valence-electron chi connectivity index (χ1n) is 11.9. The standard InChI is InChI=1S/C24H25FN4O3/c1-24-12-16(13-29(24)2)22(23(24)25)32-20-7-6-18(27-28-20)17-5-4-14(10-19(17)30)15-8-9-26-21(11-15)31-3/h4-11,16,22-23,30H,12-13H2,1-3H3/t16?,22-,23-,24-/m1/s1/i3D3. The van der Waals surface area contributed by atoms with Crippen LogP contribution in [0, 0.1) is 5.92 Å². The molecule has 5 rings (SSSR count). The van der Waals surface area contributed by atoms with E-state index in [0.29, 0.717) is 22.4 Å². The molecule has 4 atom stereocenters. The van der Waals surface area contributed by atoms with Crippen LogP contribution in [0.1, 0.15) is 17.5 Å². The molecule has 3 heterocycles. The summed E-state index contributed by atoms with van der Waals surface area (Å²) in [6.45, 7) is 2.71. The van der Waals surface area contributed by atoms with Crippen molar-refractivity contribution in [1.82, 2.24) is 20.1 Å². The van der Waals surface area contributed by atoms with Crippen LogP contribution in [0.5, 0.6) is 17.5 Å². The first-order valence-corrected chi connectivity index (χ1v) is 10.4. The highest BCUT2D eigenvalue weighted by Gasteiger charge is 2.60. The van der Waals surface area contributed by atoms with Crippen molar-refractivity contribution in [1.29, 1.82) is 0 Å². The van der Waals surface area contributed by atoms with Gasteiger partial charge in [-0.15, -0.1) is 10.2 Å². The average molecular weight is 440 g/mol. The Bertz CT molecular complexity index is 1240. The van der Waals surface area contributed by atoms with Gasteiger partial charge in [-0.25, -0.2) is 9.37 Å². The zero-order chi connectivity index (χ0) is 25.0. The van der Waals surface area contributed by atoms with Crippen LogP contribution in [0.25, 0.3) is 22.4 Å². The third kappa shape index (κ3) is 3.35. The number of rotatable bonds is 5. The Morgan fingerprint density at radius 3 is 2.69 bits per heavy atom. The van der Waals surface area contributed by atoms with Crippen LogP contribution in [-0.2, 0) is 0 Å². The Morgan fingerprint density at radius 1 is 1.16 bits per heavy atom. The summed E-state index contributed by atoms with van der Waals surface area (Å²) in [6.07, 6.45) is 0.525. The van der Waals surface area contributed by atoms with Crippen molar-refractivity contribution in [3.63, 3.8) is 0 Å². The largest absolute Gasteiger partial charge is 0.507 e. The fourth-order valence-corrected chi connectivity index (χ4v) is 4.84. The number of ether oxygens (including phenoxy) is 2. The first-order chi connectivity index (χ1) is 16.5. The summed E-state index contributed by atoms with van der Waals surface area (Å²) < 4.78 is 47.4. The summed E-state index contributed by atoms with van der Waals surface area (Å²) in [6, 6.07) is 11.4. The predicted octanol–water partition coefficient (Wildman–Crippen LogP) is 3.73. The van der Waals surface area contributed by atoms with Gasteiger partial charge in [-0.1, -0.05) is 6.07 Å². The number of piperidine rings is 1. The molecule has 1 aromatic carbocycles. The topological polar surface area (TPSA) is 80.6 Å². The van der Waals surface area contributed by atoms with Crippen LogP contribution in [0.2, 0.25) is 0 Å². The van der Waals surface area contributed by atoms with Gasteiger partial charge in [0.1, 0.15) is 11.9 Å². The van der Waals surface area contributed by atoms with E-state index in [1.54, 1.807) is 30.3 Å². The van der Waals surface area contributed by atoms with E-state index in [2.05, 4.69) is 20.1 Å². The molecule has 1 unspecified atom stereocenters. The zero-order valence-electron chi connectivity index (χ0n) is 20.7. The Labute approximate surface area is 190 Å². The zero-order valence-corrected chi connectivity index (χ0v) is 17.7. The third-order valence-corrected chi connectivity index (χ3v) is 6.75. The van der Waals surface area contributed by atoms with Gasteiger partial charge in [0.15, 0.2) is 6.17 Å². The molecule has 1 aliphatic heterocycles. The molecule has 7 nitrogen and oxygen atoms in total. The molecular weight excluding hydrogens is 411 g/mol. The van der Waals surface area contributed by atoms with Gasteiger partial charge in [0, 0.05) is 36.4 Å². The van der Waals surface area contributed by atoms with E-state index in [0.717, 1.165) is 13.0 Å². The number of alkyl halides is 1. The van der Waals surface area contributed by atoms with Crippen molar-refractivity contribution >= 4 is 0 Å². The van der Waals surface area contributed by atoms with Crippen LogP contribution < -0.4 is 9.47 Å². The van der Waals surface area contributed by atoms with Crippen molar-refractivity contribution in [3.05, 3.63) is 48.7 Å². The van der Waals surface area contributed by atoms with Gasteiger partial charge in [-0.05, 0) is 55.8 Å². The van der Waals surface area contributed by atoms with Gasteiger partial charge < -0.3 is 14.6 Å². The summed E-state index contributed by atoms with van der Waals surface area (Å²) in [5.41, 5.74) is 1.64. The molecule has 0 radical (unpaired) electrons. The summed E-state index contributed by atoms with van der Waals surface area (Å²) in [5, 5.41) is 18.9. The molecule has 1 saturated heterocycles. The minimum absolute atomic E-state index is 0.0338. The number of likely N-dealkylation sites (tertiary alicyclic amines) is 1. The van der Waals surface area contributed by atoms with Crippen LogP contribution in [0.4, 0.5) is 4.39 Å². The predicted molar refractivity (Wildman–Crippen MR) is 117 cm³/mol. The molecule has 1 saturated carbocycles. The first kappa shape index (κ1) is 17.3. The maximum Gasteiger partial charge on any atom is 0.233 e. The van der Waals surface area contributed by atoms with Gasteiger partial charge in [0.25, 0.3) is 0 Å². The molecule has 2 aromatic heterocycles. The molecule has 166 valence electrons. The second kappa shape index (κ2) is 7.70. The van der Waals surface area contributed by atoms with E-state index in [-0.39, 0.29) is 23.4 Å². The van der Waals surface area contributed by atoms with Gasteiger partial charge in [-0.3, -0.25) is 4.90 Å². The van der Waals surface area contributed by atoms with E-state index in [1.165, 1.54) is 18.3 Å². The lowest BCUT2D eigenvalue weighted by atomic mass is 9.97. The highest BCUT2D eigenvalue weighted by molar-refractivity contribution is 5.74. The van der Waals surface area contributed by atoms with Crippen molar-refractivity contribution in [2.45, 2.75) is 31.2 Å². The second-order valence-electron chi connectivity index (χ2n) is 8.66. The Kier molecular flexibility index (Phi) is 4.17. The fourth-order valence-electron chi connectivity index (χ4n) is 4.84. The van der Waals surface area contributed by atoms with Crippen LogP contribution >= 0.6 is 0 Å². The van der Waals surface area contributed by atoms with E-state index in [4.69, 9.17) is 13.6 Å². The quantitative estimate of drug-likeness (QED) is 0.649. The number of benzene rings is 1. The molecule has 8 heteroatoms.